The third-order valence-electron chi connectivity index (χ3n) is 32.6. The van der Waals surface area contributed by atoms with Gasteiger partial charge in [-0.2, -0.15) is 0 Å². The summed E-state index contributed by atoms with van der Waals surface area (Å²) in [7, 11) is 0. The Labute approximate surface area is 650 Å². The van der Waals surface area contributed by atoms with E-state index in [1.165, 1.54) is 238 Å². The highest BCUT2D eigenvalue weighted by Crippen LogP contribution is 2.62. The Balaban J connectivity index is 0.000000120. The van der Waals surface area contributed by atoms with E-state index >= 15 is 0 Å². The zero-order chi connectivity index (χ0) is 74.1. The molecule has 22 aliphatic rings. The highest BCUT2D eigenvalue weighted by Gasteiger charge is 2.54. The summed E-state index contributed by atoms with van der Waals surface area (Å²) in [6.07, 6.45) is 64.1. The summed E-state index contributed by atoms with van der Waals surface area (Å²) in [5.41, 5.74) is 1.40. The number of hydrogen-bond donors (Lipinski definition) is 0. The summed E-state index contributed by atoms with van der Waals surface area (Å²) in [5.74, 6) is 22.8. The summed E-state index contributed by atoms with van der Waals surface area (Å²) < 4.78 is 46.4. The van der Waals surface area contributed by atoms with Gasteiger partial charge in [-0.3, -0.25) is 0 Å². The number of fused-ring (bicyclic) bond motifs is 2. The van der Waals surface area contributed by atoms with Crippen LogP contribution in [0.3, 0.4) is 0 Å². The average Bonchev–Trinajstić information content (AvgIpc) is 1.78. The van der Waals surface area contributed by atoms with Crippen molar-refractivity contribution in [3.8, 4) is 0 Å². The molecule has 8 heteroatoms. The monoisotopic (exact) mass is 1470 g/mol. The molecule has 0 aromatic carbocycles. The van der Waals surface area contributed by atoms with E-state index in [0.29, 0.717) is 47.0 Å². The molecule has 22 saturated carbocycles. The van der Waals surface area contributed by atoms with Gasteiger partial charge in [-0.25, -0.2) is 0 Å². The zero-order valence-corrected chi connectivity index (χ0v) is 71.7. The normalized spacial score (nSPS) is 43.7. The highest BCUT2D eigenvalue weighted by molar-refractivity contribution is 5.05. The van der Waals surface area contributed by atoms with Crippen LogP contribution in [0.5, 0.6) is 0 Å². The Morgan fingerprint density at radius 3 is 1.30 bits per heavy atom. The van der Waals surface area contributed by atoms with Crippen LogP contribution in [0.15, 0.2) is 0 Å². The topological polar surface area (TPSA) is 73.8 Å². The standard InChI is InChI=1S/C14H26O.2C13H22O.2C12H20O.2C12H24O.C9H16O/c1-2-15-14-10-6-9-13(11-14)12-7-4-3-5-8-12;1-2-14-9-13-6-10-3-11(7-13)5-12(4-10)8-13;1-2-14-8-13-11-4-9-3-10(6-11)7-12(13)5-9;1-2-13-12-6-9-3-10(7-12)5-11(4-9)8-12;1-2-13-12-10-4-8-3-9(6-10)7-11(12)5-8;1-5-13-12-8-10(4)6-7-11(12)9(2)3;1-5-13-11-9-7-6-8-10(11)12(2,3)4;1-2-10-9-6-7-3-4-8(9)5-7/h12-14H,2-11H2,1H3;10-12H,2-9H2,1H3;9-13H,2-8H2,1H3;9-11H,2-8H2,1H3;8-12H,2-7H2,1H3;9-12H,5-8H2,1-4H3;10-11H,5-9H2,1-4H3;7-9H,2-6H2,1H3. The molecule has 10 unspecified atom stereocenters. The number of ether oxygens (including phenoxy) is 8. The van der Waals surface area contributed by atoms with Gasteiger partial charge in [0.15, 0.2) is 0 Å². The molecule has 22 aliphatic carbocycles. The van der Waals surface area contributed by atoms with Gasteiger partial charge < -0.3 is 37.9 Å². The van der Waals surface area contributed by atoms with Gasteiger partial charge in [0.1, 0.15) is 0 Å². The van der Waals surface area contributed by atoms with Crippen molar-refractivity contribution >= 4 is 0 Å². The van der Waals surface area contributed by atoms with Gasteiger partial charge in [-0.1, -0.05) is 99.3 Å². The molecule has 22 rings (SSSR count). The van der Waals surface area contributed by atoms with Crippen LogP contribution in [0.2, 0.25) is 0 Å². The molecule has 18 bridgehead atoms. The second-order valence-electron chi connectivity index (χ2n) is 41.8. The smallest absolute Gasteiger partial charge is 0.0690 e. The summed E-state index contributed by atoms with van der Waals surface area (Å²) in [4.78, 5) is 0. The molecule has 610 valence electrons. The first-order valence-electron chi connectivity index (χ1n) is 47.7. The number of rotatable bonds is 20. The first kappa shape index (κ1) is 85.6. The Morgan fingerprint density at radius 2 is 0.810 bits per heavy atom. The lowest BCUT2D eigenvalue weighted by Crippen LogP contribution is -2.51. The molecule has 0 amide bonds. The fourth-order valence-corrected chi connectivity index (χ4v) is 29.4. The Hall–Kier alpha value is -0.320. The molecule has 0 saturated heterocycles. The molecule has 0 radical (unpaired) electrons. The summed E-state index contributed by atoms with van der Waals surface area (Å²) in [6.45, 7) is 40.4. The van der Waals surface area contributed by atoms with Crippen molar-refractivity contribution < 1.29 is 37.9 Å². The lowest BCUT2D eigenvalue weighted by atomic mass is 9.50. The van der Waals surface area contributed by atoms with E-state index in [1.54, 1.807) is 32.1 Å². The van der Waals surface area contributed by atoms with E-state index in [0.717, 1.165) is 202 Å². The molecule has 0 aromatic rings. The molecule has 0 aliphatic heterocycles. The molecule has 0 spiro atoms. The second-order valence-corrected chi connectivity index (χ2v) is 41.8. The van der Waals surface area contributed by atoms with Gasteiger partial charge in [0.2, 0.25) is 0 Å². The van der Waals surface area contributed by atoms with Crippen LogP contribution < -0.4 is 0 Å². The maximum absolute atomic E-state index is 6.04. The van der Waals surface area contributed by atoms with Gasteiger partial charge in [0, 0.05) is 59.5 Å². The Kier molecular flexibility index (Phi) is 34.1. The summed E-state index contributed by atoms with van der Waals surface area (Å²) >= 11 is 0. The molecule has 22 fully saturated rings. The van der Waals surface area contributed by atoms with Gasteiger partial charge in [0.25, 0.3) is 0 Å². The first-order valence-corrected chi connectivity index (χ1v) is 47.7. The maximum Gasteiger partial charge on any atom is 0.0690 e. The molecule has 0 heterocycles. The van der Waals surface area contributed by atoms with Crippen LogP contribution in [0.4, 0.5) is 0 Å². The van der Waals surface area contributed by atoms with Gasteiger partial charge in [0.05, 0.1) is 42.7 Å². The van der Waals surface area contributed by atoms with Crippen molar-refractivity contribution in [2.75, 3.05) is 66.1 Å². The lowest BCUT2D eigenvalue weighted by Gasteiger charge is -2.56. The Bertz CT molecular complexity index is 2250. The van der Waals surface area contributed by atoms with Crippen molar-refractivity contribution in [2.45, 2.75) is 403 Å². The third kappa shape index (κ3) is 24.2. The van der Waals surface area contributed by atoms with Crippen LogP contribution >= 0.6 is 0 Å². The molecule has 10 atom stereocenters. The van der Waals surface area contributed by atoms with Crippen LogP contribution in [0.1, 0.15) is 367 Å². The average molecular weight is 1470 g/mol. The minimum absolute atomic E-state index is 0.351. The lowest BCUT2D eigenvalue weighted by molar-refractivity contribution is -0.159. The largest absolute Gasteiger partial charge is 0.381 e. The van der Waals surface area contributed by atoms with E-state index < -0.39 is 0 Å². The summed E-state index contributed by atoms with van der Waals surface area (Å²) in [5, 5.41) is 0. The predicted octanol–water partition coefficient (Wildman–Crippen LogP) is 25.7. The predicted molar refractivity (Wildman–Crippen MR) is 438 cm³/mol. The van der Waals surface area contributed by atoms with Gasteiger partial charge in [-0.05, 0) is 414 Å². The first-order chi connectivity index (χ1) is 50.8. The molecule has 0 aromatic heterocycles. The van der Waals surface area contributed by atoms with E-state index in [9.17, 15) is 0 Å². The third-order valence-corrected chi connectivity index (χ3v) is 32.6. The van der Waals surface area contributed by atoms with Gasteiger partial charge in [-0.15, -0.1) is 0 Å². The van der Waals surface area contributed by atoms with Crippen molar-refractivity contribution in [3.05, 3.63) is 0 Å². The summed E-state index contributed by atoms with van der Waals surface area (Å²) in [6, 6.07) is 0. The number of hydrogen-bond acceptors (Lipinski definition) is 8. The minimum atomic E-state index is 0.351. The van der Waals surface area contributed by atoms with E-state index in [1.807, 2.05) is 0 Å². The SMILES string of the molecule is CCOC12CC3CC(CC(C3)C1)C2.CCOC1C2CC3CC(C2)CC1C3.CCOC1CC(C)CCC1C(C)C.CCOC1CC2CCC1C2.CCOC1CCCC(C2CCCCC2)C1.CCOC1CCCCC1C(C)(C)C.CCOCC12CC3CC(CC(C3)C1)C2.CCOCC1C2CC3CC(C2)CC1C3. The van der Waals surface area contributed by atoms with Crippen molar-refractivity contribution in [3.63, 3.8) is 0 Å². The molecule has 0 N–H and O–H groups in total. The van der Waals surface area contributed by atoms with Gasteiger partial charge >= 0.3 is 0 Å². The molecular weight excluding hydrogens is 1290 g/mol. The van der Waals surface area contributed by atoms with E-state index in [2.05, 4.69) is 96.9 Å². The van der Waals surface area contributed by atoms with E-state index in [-0.39, 0.29) is 0 Å². The van der Waals surface area contributed by atoms with Crippen molar-refractivity contribution in [1.82, 2.24) is 0 Å². The second kappa shape index (κ2) is 41.8. The quantitative estimate of drug-likeness (QED) is 0.119. The van der Waals surface area contributed by atoms with Crippen LogP contribution in [-0.4, -0.2) is 102 Å². The Morgan fingerprint density at radius 1 is 0.333 bits per heavy atom. The van der Waals surface area contributed by atoms with Crippen LogP contribution in [-0.2, 0) is 37.9 Å². The minimum Gasteiger partial charge on any atom is -0.381 e. The molecular formula is C97H174O8. The molecule has 8 nitrogen and oxygen atoms in total. The van der Waals surface area contributed by atoms with Crippen LogP contribution in [0, 0.1) is 147 Å². The fourth-order valence-electron chi connectivity index (χ4n) is 29.4. The van der Waals surface area contributed by atoms with Crippen LogP contribution in [0.25, 0.3) is 0 Å². The maximum atomic E-state index is 6.04. The van der Waals surface area contributed by atoms with Crippen molar-refractivity contribution in [1.29, 1.82) is 0 Å². The zero-order valence-electron chi connectivity index (χ0n) is 71.7. The van der Waals surface area contributed by atoms with E-state index in [4.69, 9.17) is 37.9 Å². The highest BCUT2D eigenvalue weighted by atomic mass is 16.5. The molecule has 105 heavy (non-hydrogen) atoms. The fraction of sp³-hybridized carbons (Fsp3) is 1.00. The van der Waals surface area contributed by atoms with Crippen molar-refractivity contribution in [2.24, 2.45) is 147 Å².